The molecule has 1 unspecified atom stereocenters. The molecule has 0 aliphatic heterocycles. The summed E-state index contributed by atoms with van der Waals surface area (Å²) in [6.45, 7) is 2.94. The van der Waals surface area contributed by atoms with Crippen LogP contribution in [0, 0.1) is 0 Å². The van der Waals surface area contributed by atoms with Crippen LogP contribution in [-0.4, -0.2) is 47.2 Å². The molecule has 1 aliphatic rings. The molecule has 1 N–H and O–H groups in total. The number of rotatable bonds is 5. The fraction of sp³-hybridized carbons (Fsp3) is 0.800. The molecule has 0 saturated heterocycles. The minimum Gasteiger partial charge on any atom is -0.479 e. The van der Waals surface area contributed by atoms with Gasteiger partial charge >= 0.3 is 5.97 Å². The van der Waals surface area contributed by atoms with E-state index >= 15 is 0 Å². The molecular formula is C10H17NO4. The maximum absolute atomic E-state index is 11.5. The lowest BCUT2D eigenvalue weighted by Crippen LogP contribution is -2.58. The van der Waals surface area contributed by atoms with Gasteiger partial charge < -0.3 is 14.7 Å². The summed E-state index contributed by atoms with van der Waals surface area (Å²) in [7, 11) is 1.44. The number of nitrogens with zero attached hydrogens (tertiary/aromatic N) is 1. The second kappa shape index (κ2) is 4.18. The molecule has 0 aromatic carbocycles. The molecule has 0 aromatic rings. The summed E-state index contributed by atoms with van der Waals surface area (Å²) in [6, 6.07) is 0.0683. The van der Waals surface area contributed by atoms with Crippen molar-refractivity contribution in [3.63, 3.8) is 0 Å². The van der Waals surface area contributed by atoms with Crippen LogP contribution in [0.3, 0.4) is 0 Å². The van der Waals surface area contributed by atoms with Gasteiger partial charge in [-0.1, -0.05) is 0 Å². The van der Waals surface area contributed by atoms with Crippen LogP contribution < -0.4 is 0 Å². The highest BCUT2D eigenvalue weighted by atomic mass is 16.5. The molecule has 1 saturated carbocycles. The van der Waals surface area contributed by atoms with E-state index < -0.39 is 11.5 Å². The fourth-order valence-corrected chi connectivity index (χ4v) is 1.86. The van der Waals surface area contributed by atoms with Gasteiger partial charge in [-0.05, 0) is 19.8 Å². The standard InChI is InChI=1S/C10H17NO4/c1-7(12)11(8-4-5-8)10(2,6-15-3)9(13)14/h8H,4-6H2,1-3H3,(H,13,14). The molecule has 1 rings (SSSR count). The lowest BCUT2D eigenvalue weighted by molar-refractivity contribution is -0.162. The molecular weight excluding hydrogens is 198 g/mol. The van der Waals surface area contributed by atoms with Crippen molar-refractivity contribution in [3.05, 3.63) is 0 Å². The maximum Gasteiger partial charge on any atom is 0.331 e. The molecule has 5 heteroatoms. The maximum atomic E-state index is 11.5. The van der Waals surface area contributed by atoms with Gasteiger partial charge in [0.15, 0.2) is 5.54 Å². The number of hydrogen-bond donors (Lipinski definition) is 1. The number of carboxylic acids is 1. The average molecular weight is 215 g/mol. The van der Waals surface area contributed by atoms with Crippen LogP contribution in [0.2, 0.25) is 0 Å². The molecule has 0 spiro atoms. The third kappa shape index (κ3) is 2.28. The van der Waals surface area contributed by atoms with Crippen molar-refractivity contribution >= 4 is 11.9 Å². The van der Waals surface area contributed by atoms with Gasteiger partial charge in [0.25, 0.3) is 0 Å². The van der Waals surface area contributed by atoms with Gasteiger partial charge in [0, 0.05) is 20.1 Å². The topological polar surface area (TPSA) is 66.8 Å². The number of amides is 1. The van der Waals surface area contributed by atoms with E-state index in [0.717, 1.165) is 12.8 Å². The van der Waals surface area contributed by atoms with E-state index in [0.29, 0.717) is 0 Å². The van der Waals surface area contributed by atoms with Crippen LogP contribution in [0.15, 0.2) is 0 Å². The predicted octanol–water partition coefficient (Wildman–Crippen LogP) is 0.487. The predicted molar refractivity (Wildman–Crippen MR) is 53.5 cm³/mol. The zero-order chi connectivity index (χ0) is 11.6. The minimum atomic E-state index is -1.25. The van der Waals surface area contributed by atoms with E-state index in [1.807, 2.05) is 0 Å². The third-order valence-corrected chi connectivity index (χ3v) is 2.67. The molecule has 0 aromatic heterocycles. The lowest BCUT2D eigenvalue weighted by atomic mass is 10.0. The van der Waals surface area contributed by atoms with Crippen molar-refractivity contribution in [3.8, 4) is 0 Å². The molecule has 86 valence electrons. The van der Waals surface area contributed by atoms with E-state index in [1.54, 1.807) is 0 Å². The molecule has 1 amide bonds. The van der Waals surface area contributed by atoms with Gasteiger partial charge in [-0.25, -0.2) is 4.79 Å². The van der Waals surface area contributed by atoms with Crippen molar-refractivity contribution in [1.82, 2.24) is 4.90 Å². The zero-order valence-electron chi connectivity index (χ0n) is 9.32. The van der Waals surface area contributed by atoms with Crippen LogP contribution in [-0.2, 0) is 14.3 Å². The summed E-state index contributed by atoms with van der Waals surface area (Å²) in [4.78, 5) is 24.1. The second-order valence-electron chi connectivity index (χ2n) is 4.13. The van der Waals surface area contributed by atoms with Gasteiger partial charge in [0.1, 0.15) is 0 Å². The number of ether oxygens (including phenoxy) is 1. The highest BCUT2D eigenvalue weighted by Gasteiger charge is 2.48. The molecule has 1 aliphatic carbocycles. The van der Waals surface area contributed by atoms with Crippen molar-refractivity contribution in [2.24, 2.45) is 0 Å². The highest BCUT2D eigenvalue weighted by Crippen LogP contribution is 2.33. The Morgan fingerprint density at radius 1 is 1.53 bits per heavy atom. The van der Waals surface area contributed by atoms with Crippen molar-refractivity contribution in [2.45, 2.75) is 38.3 Å². The summed E-state index contributed by atoms with van der Waals surface area (Å²) in [5, 5.41) is 9.19. The van der Waals surface area contributed by atoms with E-state index in [2.05, 4.69) is 0 Å². The number of carbonyl (C=O) groups is 2. The quantitative estimate of drug-likeness (QED) is 0.724. The molecule has 0 radical (unpaired) electrons. The van der Waals surface area contributed by atoms with Gasteiger partial charge in [-0.3, -0.25) is 4.79 Å². The normalized spacial score (nSPS) is 19.4. The summed E-state index contributed by atoms with van der Waals surface area (Å²) in [6.07, 6.45) is 1.76. The van der Waals surface area contributed by atoms with E-state index in [1.165, 1.54) is 25.9 Å². The van der Waals surface area contributed by atoms with Gasteiger partial charge in [-0.15, -0.1) is 0 Å². The Labute approximate surface area is 89.0 Å². The van der Waals surface area contributed by atoms with E-state index in [4.69, 9.17) is 4.74 Å². The first-order chi connectivity index (χ1) is 6.93. The Hall–Kier alpha value is -1.10. The first-order valence-corrected chi connectivity index (χ1v) is 4.95. The van der Waals surface area contributed by atoms with Crippen LogP contribution >= 0.6 is 0 Å². The largest absolute Gasteiger partial charge is 0.479 e. The number of hydrogen-bond acceptors (Lipinski definition) is 3. The van der Waals surface area contributed by atoms with E-state index in [-0.39, 0.29) is 18.6 Å². The number of methoxy groups -OCH3 is 1. The fourth-order valence-electron chi connectivity index (χ4n) is 1.86. The first-order valence-electron chi connectivity index (χ1n) is 4.95. The minimum absolute atomic E-state index is 0.0123. The highest BCUT2D eigenvalue weighted by molar-refractivity contribution is 5.86. The monoisotopic (exact) mass is 215 g/mol. The molecule has 0 bridgehead atoms. The third-order valence-electron chi connectivity index (χ3n) is 2.67. The Kier molecular flexibility index (Phi) is 3.34. The Morgan fingerprint density at radius 3 is 2.33 bits per heavy atom. The molecule has 0 heterocycles. The van der Waals surface area contributed by atoms with Crippen molar-refractivity contribution in [1.29, 1.82) is 0 Å². The van der Waals surface area contributed by atoms with Gasteiger partial charge in [0.05, 0.1) is 6.61 Å². The van der Waals surface area contributed by atoms with Gasteiger partial charge in [-0.2, -0.15) is 0 Å². The lowest BCUT2D eigenvalue weighted by Gasteiger charge is -2.37. The SMILES string of the molecule is COCC(C)(C(=O)O)N(C(C)=O)C1CC1. The molecule has 15 heavy (non-hydrogen) atoms. The van der Waals surface area contributed by atoms with E-state index in [9.17, 15) is 14.7 Å². The zero-order valence-corrected chi connectivity index (χ0v) is 9.32. The molecule has 1 fully saturated rings. The van der Waals surface area contributed by atoms with Crippen molar-refractivity contribution < 1.29 is 19.4 Å². The number of carbonyl (C=O) groups excluding carboxylic acids is 1. The Morgan fingerprint density at radius 2 is 2.07 bits per heavy atom. The smallest absolute Gasteiger partial charge is 0.331 e. The van der Waals surface area contributed by atoms with Crippen LogP contribution in [0.25, 0.3) is 0 Å². The van der Waals surface area contributed by atoms with Crippen LogP contribution in [0.5, 0.6) is 0 Å². The first kappa shape index (κ1) is 12.0. The van der Waals surface area contributed by atoms with Crippen LogP contribution in [0.1, 0.15) is 26.7 Å². The summed E-state index contributed by atoms with van der Waals surface area (Å²) < 4.78 is 4.90. The Balaban J connectivity index is 2.93. The average Bonchev–Trinajstić information content (AvgIpc) is 2.87. The molecule has 1 atom stereocenters. The summed E-state index contributed by atoms with van der Waals surface area (Å²) in [5.74, 6) is -1.23. The number of carboxylic acid groups (broad SMARTS) is 1. The van der Waals surface area contributed by atoms with Crippen LogP contribution in [0.4, 0.5) is 0 Å². The van der Waals surface area contributed by atoms with Crippen molar-refractivity contribution in [2.75, 3.05) is 13.7 Å². The van der Waals surface area contributed by atoms with Gasteiger partial charge in [0.2, 0.25) is 5.91 Å². The summed E-state index contributed by atoms with van der Waals surface area (Å²) >= 11 is 0. The molecule has 5 nitrogen and oxygen atoms in total. The Bertz CT molecular complexity index is 275. The summed E-state index contributed by atoms with van der Waals surface area (Å²) in [5.41, 5.74) is -1.25. The number of aliphatic carboxylic acids is 1. The second-order valence-corrected chi connectivity index (χ2v) is 4.13.